The lowest BCUT2D eigenvalue weighted by Gasteiger charge is -2.17. The zero-order valence-electron chi connectivity index (χ0n) is 16.9. The summed E-state index contributed by atoms with van der Waals surface area (Å²) in [5.74, 6) is 0.103. The highest BCUT2D eigenvalue weighted by molar-refractivity contribution is 6.06. The molecule has 1 aromatic carbocycles. The molecule has 2 amide bonds. The molecule has 0 atom stereocenters. The van der Waals surface area contributed by atoms with Crippen LogP contribution in [0.1, 0.15) is 17.3 Å². The Morgan fingerprint density at radius 1 is 1.10 bits per heavy atom. The molecule has 3 heterocycles. The van der Waals surface area contributed by atoms with Crippen molar-refractivity contribution >= 4 is 34.5 Å². The van der Waals surface area contributed by atoms with Crippen LogP contribution >= 0.6 is 0 Å². The van der Waals surface area contributed by atoms with Crippen LogP contribution in [0.5, 0.6) is 0 Å². The molecule has 0 fully saturated rings. The zero-order chi connectivity index (χ0) is 22.0. The lowest BCUT2D eigenvalue weighted by atomic mass is 10.1. The summed E-state index contributed by atoms with van der Waals surface area (Å²) in [7, 11) is 1.70. The van der Waals surface area contributed by atoms with Gasteiger partial charge in [0.2, 0.25) is 5.91 Å². The van der Waals surface area contributed by atoms with Gasteiger partial charge >= 0.3 is 0 Å². The van der Waals surface area contributed by atoms with Crippen LogP contribution in [0.2, 0.25) is 0 Å². The highest BCUT2D eigenvalue weighted by Crippen LogP contribution is 2.26. The van der Waals surface area contributed by atoms with E-state index >= 15 is 0 Å². The molecule has 3 aromatic heterocycles. The van der Waals surface area contributed by atoms with Gasteiger partial charge in [-0.15, -0.1) is 0 Å². The number of carbonyl (C=O) groups is 2. The number of benzene rings is 1. The third-order valence-electron chi connectivity index (χ3n) is 4.82. The van der Waals surface area contributed by atoms with Crippen molar-refractivity contribution in [1.82, 2.24) is 14.6 Å². The summed E-state index contributed by atoms with van der Waals surface area (Å²) in [4.78, 5) is 33.4. The van der Waals surface area contributed by atoms with E-state index in [0.29, 0.717) is 22.8 Å². The predicted octanol–water partition coefficient (Wildman–Crippen LogP) is 4.18. The van der Waals surface area contributed by atoms with Crippen LogP contribution in [0, 0.1) is 6.57 Å². The summed E-state index contributed by atoms with van der Waals surface area (Å²) >= 11 is 0. The van der Waals surface area contributed by atoms with Crippen molar-refractivity contribution in [2.24, 2.45) is 0 Å². The molecule has 0 unspecified atom stereocenters. The number of aromatic nitrogens is 3. The molecule has 0 aliphatic heterocycles. The second-order valence-electron chi connectivity index (χ2n) is 6.91. The first-order chi connectivity index (χ1) is 15.0. The molecule has 0 spiro atoms. The van der Waals surface area contributed by atoms with Gasteiger partial charge in [-0.1, -0.05) is 12.1 Å². The quantitative estimate of drug-likeness (QED) is 0.512. The fourth-order valence-corrected chi connectivity index (χ4v) is 3.21. The topological polar surface area (TPSA) is 84.0 Å². The Bertz CT molecular complexity index is 1320. The summed E-state index contributed by atoms with van der Waals surface area (Å²) in [6.45, 7) is 8.47. The van der Waals surface area contributed by atoms with Crippen LogP contribution in [0.3, 0.4) is 0 Å². The molecule has 4 rings (SSSR count). The maximum absolute atomic E-state index is 13.0. The molecular formula is C23H18N6O2. The van der Waals surface area contributed by atoms with Gasteiger partial charge in [-0.2, -0.15) is 5.10 Å². The van der Waals surface area contributed by atoms with Crippen molar-refractivity contribution in [2.75, 3.05) is 17.3 Å². The number of anilines is 2. The van der Waals surface area contributed by atoms with Crippen molar-refractivity contribution in [1.29, 1.82) is 0 Å². The van der Waals surface area contributed by atoms with Crippen LogP contribution in [-0.4, -0.2) is 33.5 Å². The average molecular weight is 410 g/mol. The highest BCUT2D eigenvalue weighted by atomic mass is 16.2. The summed E-state index contributed by atoms with van der Waals surface area (Å²) in [5.41, 5.74) is 4.12. The Hall–Kier alpha value is -4.51. The minimum atomic E-state index is -0.188. The van der Waals surface area contributed by atoms with Crippen molar-refractivity contribution in [3.63, 3.8) is 0 Å². The lowest BCUT2D eigenvalue weighted by Crippen LogP contribution is -2.26. The molecule has 0 aliphatic rings. The van der Waals surface area contributed by atoms with Crippen LogP contribution < -0.4 is 10.2 Å². The summed E-state index contributed by atoms with van der Waals surface area (Å²) in [6, 6.07) is 13.9. The van der Waals surface area contributed by atoms with Crippen molar-refractivity contribution in [3.05, 3.63) is 84.1 Å². The molecule has 8 nitrogen and oxygen atoms in total. The fraction of sp³-hybridized carbons (Fsp3) is 0.0870. The number of fused-ring (bicyclic) bond motifs is 1. The van der Waals surface area contributed by atoms with Crippen LogP contribution in [0.15, 0.2) is 67.1 Å². The Morgan fingerprint density at radius 2 is 1.87 bits per heavy atom. The second kappa shape index (κ2) is 8.08. The van der Waals surface area contributed by atoms with Crippen LogP contribution in [-0.2, 0) is 4.79 Å². The SMILES string of the molecule is [C-]#[N+]c1ccc(N(C)C(=O)c2ccn3ncc(-c4ccc(NC(C)=O)nc4)c3c2)cc1. The molecule has 1 N–H and O–H groups in total. The average Bonchev–Trinajstić information content (AvgIpc) is 3.21. The maximum Gasteiger partial charge on any atom is 0.258 e. The van der Waals surface area contributed by atoms with Gasteiger partial charge in [0.1, 0.15) is 5.82 Å². The van der Waals surface area contributed by atoms with Gasteiger partial charge in [0.05, 0.1) is 18.3 Å². The molecule has 4 aromatic rings. The van der Waals surface area contributed by atoms with Crippen molar-refractivity contribution < 1.29 is 9.59 Å². The monoisotopic (exact) mass is 410 g/mol. The summed E-state index contributed by atoms with van der Waals surface area (Å²) in [6.07, 6.45) is 5.11. The number of nitrogens with zero attached hydrogens (tertiary/aromatic N) is 5. The normalized spacial score (nSPS) is 10.5. The molecule has 152 valence electrons. The number of amides is 2. The molecule has 0 bridgehead atoms. The lowest BCUT2D eigenvalue weighted by molar-refractivity contribution is -0.114. The number of carbonyl (C=O) groups excluding carboxylic acids is 2. The van der Waals surface area contributed by atoms with E-state index in [1.807, 2.05) is 6.07 Å². The van der Waals surface area contributed by atoms with E-state index < -0.39 is 0 Å². The number of nitrogens with one attached hydrogen (secondary N) is 1. The number of rotatable bonds is 4. The van der Waals surface area contributed by atoms with E-state index in [-0.39, 0.29) is 11.8 Å². The summed E-state index contributed by atoms with van der Waals surface area (Å²) in [5, 5.41) is 6.99. The fourth-order valence-electron chi connectivity index (χ4n) is 3.21. The van der Waals surface area contributed by atoms with Crippen LogP contribution in [0.25, 0.3) is 21.5 Å². The Morgan fingerprint density at radius 3 is 2.52 bits per heavy atom. The van der Waals surface area contributed by atoms with Gasteiger partial charge in [0.25, 0.3) is 5.91 Å². The van der Waals surface area contributed by atoms with E-state index in [0.717, 1.165) is 16.6 Å². The van der Waals surface area contributed by atoms with Crippen molar-refractivity contribution in [2.45, 2.75) is 6.92 Å². The highest BCUT2D eigenvalue weighted by Gasteiger charge is 2.16. The van der Waals surface area contributed by atoms with E-state index in [9.17, 15) is 9.59 Å². The second-order valence-corrected chi connectivity index (χ2v) is 6.91. The number of pyridine rings is 2. The van der Waals surface area contributed by atoms with Gasteiger partial charge < -0.3 is 10.2 Å². The predicted molar refractivity (Wildman–Crippen MR) is 118 cm³/mol. The third kappa shape index (κ3) is 3.97. The summed E-state index contributed by atoms with van der Waals surface area (Å²) < 4.78 is 1.69. The maximum atomic E-state index is 13.0. The smallest absolute Gasteiger partial charge is 0.258 e. The molecular weight excluding hydrogens is 392 g/mol. The molecule has 0 saturated heterocycles. The van der Waals surface area contributed by atoms with Gasteiger partial charge in [-0.05, 0) is 36.4 Å². The number of hydrogen-bond acceptors (Lipinski definition) is 4. The molecule has 0 saturated carbocycles. The molecule has 0 radical (unpaired) electrons. The molecule has 8 heteroatoms. The Labute approximate surface area is 178 Å². The minimum Gasteiger partial charge on any atom is -0.312 e. The minimum absolute atomic E-state index is 0.177. The van der Waals surface area contributed by atoms with E-state index in [1.54, 1.807) is 77.5 Å². The number of hydrogen-bond donors (Lipinski definition) is 1. The Balaban J connectivity index is 1.65. The Kier molecular flexibility index (Phi) is 5.16. The first-order valence-corrected chi connectivity index (χ1v) is 9.43. The largest absolute Gasteiger partial charge is 0.312 e. The first kappa shape index (κ1) is 19.8. The standard InChI is InChI=1S/C23H18N6O2/c1-15(30)27-22-9-4-17(13-25-22)20-14-26-29-11-10-16(12-21(20)29)23(31)28(3)19-7-5-18(24-2)6-8-19/h4-14H,1,3H3,(H,25,27,30). The van der Waals surface area contributed by atoms with E-state index in [4.69, 9.17) is 6.57 Å². The van der Waals surface area contributed by atoms with E-state index in [1.165, 1.54) is 6.92 Å². The van der Waals surface area contributed by atoms with Crippen LogP contribution in [0.4, 0.5) is 17.2 Å². The third-order valence-corrected chi connectivity index (χ3v) is 4.82. The van der Waals surface area contributed by atoms with Gasteiger partial charge in [-0.25, -0.2) is 14.3 Å². The van der Waals surface area contributed by atoms with Crippen molar-refractivity contribution in [3.8, 4) is 11.1 Å². The molecule has 0 aliphatic carbocycles. The zero-order valence-corrected chi connectivity index (χ0v) is 16.9. The van der Waals surface area contributed by atoms with E-state index in [2.05, 4.69) is 20.2 Å². The van der Waals surface area contributed by atoms with Gasteiger partial charge in [0, 0.05) is 48.7 Å². The van der Waals surface area contributed by atoms with Gasteiger partial charge in [-0.3, -0.25) is 9.59 Å². The first-order valence-electron chi connectivity index (χ1n) is 9.43. The molecule has 31 heavy (non-hydrogen) atoms. The van der Waals surface area contributed by atoms with Gasteiger partial charge in [0.15, 0.2) is 5.69 Å².